The molecule has 0 saturated carbocycles. The normalized spacial score (nSPS) is 19.3. The summed E-state index contributed by atoms with van der Waals surface area (Å²) in [6.45, 7) is 6.14. The summed E-state index contributed by atoms with van der Waals surface area (Å²) < 4.78 is 5.29. The minimum absolute atomic E-state index is 0.158. The summed E-state index contributed by atoms with van der Waals surface area (Å²) in [5.74, 6) is 0.509. The van der Waals surface area contributed by atoms with Crippen LogP contribution in [-0.4, -0.2) is 31.6 Å². The molecule has 0 aromatic carbocycles. The highest BCUT2D eigenvalue weighted by atomic mass is 16.5. The van der Waals surface area contributed by atoms with Gasteiger partial charge in [0.25, 0.3) is 0 Å². The summed E-state index contributed by atoms with van der Waals surface area (Å²) >= 11 is 0. The maximum Gasteiger partial charge on any atom is 0.161 e. The molecule has 1 aliphatic rings. The third kappa shape index (κ3) is 3.87. The minimum Gasteiger partial charge on any atom is -0.371 e. The van der Waals surface area contributed by atoms with Crippen LogP contribution in [0.2, 0.25) is 0 Å². The lowest BCUT2D eigenvalue weighted by Crippen LogP contribution is -2.33. The van der Waals surface area contributed by atoms with Gasteiger partial charge in [-0.25, -0.2) is 0 Å². The molecule has 0 amide bonds. The molecule has 3 heteroatoms. The van der Waals surface area contributed by atoms with Crippen molar-refractivity contribution in [2.45, 2.75) is 32.8 Å². The molecule has 1 fully saturated rings. The zero-order chi connectivity index (χ0) is 9.68. The first-order valence-corrected chi connectivity index (χ1v) is 5.05. The number of ether oxygens (including phenoxy) is 1. The van der Waals surface area contributed by atoms with E-state index in [0.717, 1.165) is 25.9 Å². The molecule has 0 atom stereocenters. The molecular formula is C10H19NO2. The van der Waals surface area contributed by atoms with E-state index in [0.29, 0.717) is 6.61 Å². The van der Waals surface area contributed by atoms with Crippen molar-refractivity contribution in [3.05, 3.63) is 0 Å². The topological polar surface area (TPSA) is 38.3 Å². The zero-order valence-electron chi connectivity index (χ0n) is 8.51. The largest absolute Gasteiger partial charge is 0.371 e. The predicted molar refractivity (Wildman–Crippen MR) is 51.7 cm³/mol. The maximum atomic E-state index is 11.5. The monoisotopic (exact) mass is 185 g/mol. The molecule has 1 N–H and O–H groups in total. The van der Waals surface area contributed by atoms with Crippen molar-refractivity contribution >= 4 is 5.78 Å². The first kappa shape index (κ1) is 10.7. The minimum atomic E-state index is 0.158. The van der Waals surface area contributed by atoms with Crippen LogP contribution in [0.1, 0.15) is 26.7 Å². The van der Waals surface area contributed by atoms with Crippen LogP contribution in [0.25, 0.3) is 0 Å². The molecule has 0 unspecified atom stereocenters. The first-order valence-electron chi connectivity index (χ1n) is 5.05. The zero-order valence-corrected chi connectivity index (χ0v) is 8.51. The molecule has 0 radical (unpaired) electrons. The van der Waals surface area contributed by atoms with Crippen LogP contribution in [0.15, 0.2) is 0 Å². The summed E-state index contributed by atoms with van der Waals surface area (Å²) in [6.07, 6.45) is 2.10. The Kier molecular flexibility index (Phi) is 4.39. The fourth-order valence-electron chi connectivity index (χ4n) is 1.51. The summed E-state index contributed by atoms with van der Waals surface area (Å²) in [4.78, 5) is 11.5. The van der Waals surface area contributed by atoms with E-state index in [4.69, 9.17) is 4.74 Å². The van der Waals surface area contributed by atoms with Gasteiger partial charge in [0.2, 0.25) is 0 Å². The van der Waals surface area contributed by atoms with Crippen LogP contribution in [0.4, 0.5) is 0 Å². The molecule has 0 bridgehead atoms. The van der Waals surface area contributed by atoms with Gasteiger partial charge >= 0.3 is 0 Å². The van der Waals surface area contributed by atoms with Gasteiger partial charge in [-0.2, -0.15) is 0 Å². The molecule has 1 heterocycles. The molecular weight excluding hydrogens is 166 g/mol. The first-order chi connectivity index (χ1) is 6.20. The predicted octanol–water partition coefficient (Wildman–Crippen LogP) is 0.980. The van der Waals surface area contributed by atoms with E-state index >= 15 is 0 Å². The number of nitrogens with one attached hydrogen (secondary N) is 1. The summed E-state index contributed by atoms with van der Waals surface area (Å²) in [5.41, 5.74) is 0. The van der Waals surface area contributed by atoms with Gasteiger partial charge in [0.05, 0.1) is 6.10 Å². The molecule has 13 heavy (non-hydrogen) atoms. The number of hydrogen-bond acceptors (Lipinski definition) is 3. The molecule has 1 rings (SSSR count). The lowest BCUT2D eigenvalue weighted by Gasteiger charge is -2.21. The second-order valence-electron chi connectivity index (χ2n) is 3.85. The molecule has 1 aliphatic heterocycles. The van der Waals surface area contributed by atoms with E-state index in [9.17, 15) is 4.79 Å². The van der Waals surface area contributed by atoms with Crippen molar-refractivity contribution in [1.82, 2.24) is 5.32 Å². The van der Waals surface area contributed by atoms with Gasteiger partial charge in [0, 0.05) is 5.92 Å². The molecule has 1 saturated heterocycles. The highest BCUT2D eigenvalue weighted by Crippen LogP contribution is 2.12. The molecule has 0 aromatic rings. The summed E-state index contributed by atoms with van der Waals surface area (Å²) in [7, 11) is 0. The Bertz CT molecular complexity index is 162. The van der Waals surface area contributed by atoms with Gasteiger partial charge in [-0.1, -0.05) is 0 Å². The third-order valence-corrected chi connectivity index (χ3v) is 2.35. The Labute approximate surface area is 79.8 Å². The second kappa shape index (κ2) is 5.35. The Hall–Kier alpha value is -0.410. The Morgan fingerprint density at radius 3 is 2.62 bits per heavy atom. The highest BCUT2D eigenvalue weighted by Gasteiger charge is 2.20. The average molecular weight is 185 g/mol. The van der Waals surface area contributed by atoms with Crippen molar-refractivity contribution in [3.8, 4) is 0 Å². The molecule has 76 valence electrons. The van der Waals surface area contributed by atoms with Gasteiger partial charge in [0.1, 0.15) is 6.61 Å². The fraction of sp³-hybridized carbons (Fsp3) is 0.900. The SMILES string of the molecule is CC(C)OCC(=O)C1CCNCC1. The average Bonchev–Trinajstić information content (AvgIpc) is 2.15. The molecule has 3 nitrogen and oxygen atoms in total. The van der Waals surface area contributed by atoms with Crippen LogP contribution in [-0.2, 0) is 9.53 Å². The quantitative estimate of drug-likeness (QED) is 0.709. The Morgan fingerprint density at radius 1 is 1.46 bits per heavy atom. The number of ketones is 1. The van der Waals surface area contributed by atoms with E-state index in [1.54, 1.807) is 0 Å². The van der Waals surface area contributed by atoms with E-state index in [-0.39, 0.29) is 17.8 Å². The fourth-order valence-corrected chi connectivity index (χ4v) is 1.51. The maximum absolute atomic E-state index is 11.5. The van der Waals surface area contributed by atoms with Gasteiger partial charge in [-0.05, 0) is 39.8 Å². The van der Waals surface area contributed by atoms with Crippen LogP contribution < -0.4 is 5.32 Å². The number of piperidine rings is 1. The lowest BCUT2D eigenvalue weighted by molar-refractivity contribution is -0.129. The van der Waals surface area contributed by atoms with E-state index in [1.807, 2.05) is 13.8 Å². The molecule has 0 spiro atoms. The van der Waals surface area contributed by atoms with Crippen LogP contribution in [0, 0.1) is 5.92 Å². The second-order valence-corrected chi connectivity index (χ2v) is 3.85. The molecule has 0 aliphatic carbocycles. The number of hydrogen-bond donors (Lipinski definition) is 1. The van der Waals surface area contributed by atoms with Gasteiger partial charge in [-0.3, -0.25) is 4.79 Å². The Balaban J connectivity index is 2.21. The lowest BCUT2D eigenvalue weighted by atomic mass is 9.94. The number of carbonyl (C=O) groups is 1. The molecule has 0 aromatic heterocycles. The van der Waals surface area contributed by atoms with Crippen LogP contribution >= 0.6 is 0 Å². The van der Waals surface area contributed by atoms with Crippen molar-refractivity contribution in [2.75, 3.05) is 19.7 Å². The number of carbonyl (C=O) groups excluding carboxylic acids is 1. The summed E-state index contributed by atoms with van der Waals surface area (Å²) in [5, 5.41) is 3.24. The van der Waals surface area contributed by atoms with E-state index in [2.05, 4.69) is 5.32 Å². The van der Waals surface area contributed by atoms with E-state index in [1.165, 1.54) is 0 Å². The van der Waals surface area contributed by atoms with Crippen molar-refractivity contribution in [2.24, 2.45) is 5.92 Å². The Morgan fingerprint density at radius 2 is 2.08 bits per heavy atom. The van der Waals surface area contributed by atoms with Crippen molar-refractivity contribution < 1.29 is 9.53 Å². The van der Waals surface area contributed by atoms with Crippen LogP contribution in [0.3, 0.4) is 0 Å². The summed E-state index contributed by atoms with van der Waals surface area (Å²) in [6, 6.07) is 0. The number of rotatable bonds is 4. The van der Waals surface area contributed by atoms with Gasteiger partial charge in [0.15, 0.2) is 5.78 Å². The van der Waals surface area contributed by atoms with Crippen molar-refractivity contribution in [3.63, 3.8) is 0 Å². The third-order valence-electron chi connectivity index (χ3n) is 2.35. The van der Waals surface area contributed by atoms with Gasteiger partial charge in [-0.15, -0.1) is 0 Å². The van der Waals surface area contributed by atoms with E-state index < -0.39 is 0 Å². The smallest absolute Gasteiger partial charge is 0.161 e. The van der Waals surface area contributed by atoms with Gasteiger partial charge < -0.3 is 10.1 Å². The standard InChI is InChI=1S/C10H19NO2/c1-8(2)13-7-10(12)9-3-5-11-6-4-9/h8-9,11H,3-7H2,1-2H3. The van der Waals surface area contributed by atoms with Crippen LogP contribution in [0.5, 0.6) is 0 Å². The highest BCUT2D eigenvalue weighted by molar-refractivity contribution is 5.82. The van der Waals surface area contributed by atoms with Crippen molar-refractivity contribution in [1.29, 1.82) is 0 Å². The number of Topliss-reactive ketones (excluding diaryl/α,β-unsaturated/α-hetero) is 1.